The van der Waals surface area contributed by atoms with E-state index in [9.17, 15) is 9.59 Å². The van der Waals surface area contributed by atoms with Gasteiger partial charge in [-0.05, 0) is 44.2 Å². The van der Waals surface area contributed by atoms with Crippen LogP contribution in [0.3, 0.4) is 0 Å². The maximum atomic E-state index is 12.3. The minimum atomic E-state index is -0.340. The summed E-state index contributed by atoms with van der Waals surface area (Å²) < 4.78 is 5.03. The second-order valence-corrected chi connectivity index (χ2v) is 4.49. The van der Waals surface area contributed by atoms with Crippen molar-refractivity contribution in [3.63, 3.8) is 0 Å². The van der Waals surface area contributed by atoms with Gasteiger partial charge in [-0.2, -0.15) is 0 Å². The van der Waals surface area contributed by atoms with Crippen molar-refractivity contribution in [2.45, 2.75) is 13.8 Å². The third kappa shape index (κ3) is 3.51. The average molecular weight is 286 g/mol. The van der Waals surface area contributed by atoms with Crippen molar-refractivity contribution in [3.8, 4) is 0 Å². The predicted octanol–water partition coefficient (Wildman–Crippen LogP) is 3.01. The number of nitrogens with one attached hydrogen (secondary N) is 1. The van der Waals surface area contributed by atoms with Crippen LogP contribution in [0.4, 0.5) is 5.69 Å². The molecule has 2 rings (SSSR count). The van der Waals surface area contributed by atoms with Gasteiger partial charge in [0, 0.05) is 24.3 Å². The lowest BCUT2D eigenvalue weighted by molar-refractivity contribution is 0.0772. The molecule has 0 saturated heterocycles. The highest BCUT2D eigenvalue weighted by Gasteiger charge is 2.14. The summed E-state index contributed by atoms with van der Waals surface area (Å²) in [6.45, 7) is 5.17. The normalized spacial score (nSPS) is 10.2. The summed E-state index contributed by atoms with van der Waals surface area (Å²) in [7, 11) is 0. The quantitative estimate of drug-likeness (QED) is 0.919. The van der Waals surface area contributed by atoms with E-state index in [4.69, 9.17) is 4.42 Å². The van der Waals surface area contributed by atoms with E-state index in [-0.39, 0.29) is 17.6 Å². The van der Waals surface area contributed by atoms with E-state index in [0.29, 0.717) is 24.3 Å². The smallest absolute Gasteiger partial charge is 0.291 e. The molecule has 1 N–H and O–H groups in total. The van der Waals surface area contributed by atoms with Crippen LogP contribution < -0.4 is 5.32 Å². The monoisotopic (exact) mass is 286 g/mol. The standard InChI is InChI=1S/C16H18N2O3/c1-3-18(4-2)16(20)12-7-5-8-13(11-12)17-15(19)14-9-6-10-21-14/h5-11H,3-4H2,1-2H3,(H,17,19). The second-order valence-electron chi connectivity index (χ2n) is 4.49. The van der Waals surface area contributed by atoms with Gasteiger partial charge in [0.2, 0.25) is 0 Å². The Morgan fingerprint density at radius 2 is 1.90 bits per heavy atom. The molecule has 0 aliphatic carbocycles. The molecule has 0 unspecified atom stereocenters. The van der Waals surface area contributed by atoms with Crippen LogP contribution in [-0.4, -0.2) is 29.8 Å². The minimum absolute atomic E-state index is 0.0471. The Kier molecular flexibility index (Phi) is 4.77. The first-order valence-electron chi connectivity index (χ1n) is 6.90. The van der Waals surface area contributed by atoms with Gasteiger partial charge in [-0.1, -0.05) is 6.07 Å². The van der Waals surface area contributed by atoms with Crippen molar-refractivity contribution >= 4 is 17.5 Å². The third-order valence-corrected chi connectivity index (χ3v) is 3.16. The molecule has 0 atom stereocenters. The number of nitrogens with zero attached hydrogens (tertiary/aromatic N) is 1. The molecular formula is C16H18N2O3. The topological polar surface area (TPSA) is 62.6 Å². The summed E-state index contributed by atoms with van der Waals surface area (Å²) in [5, 5.41) is 2.71. The lowest BCUT2D eigenvalue weighted by Crippen LogP contribution is -2.30. The SMILES string of the molecule is CCN(CC)C(=O)c1cccc(NC(=O)c2ccco2)c1. The van der Waals surface area contributed by atoms with E-state index in [1.54, 1.807) is 41.3 Å². The highest BCUT2D eigenvalue weighted by molar-refractivity contribution is 6.03. The fourth-order valence-corrected chi connectivity index (χ4v) is 2.02. The van der Waals surface area contributed by atoms with Crippen molar-refractivity contribution in [1.29, 1.82) is 0 Å². The van der Waals surface area contributed by atoms with E-state index in [1.807, 2.05) is 13.8 Å². The zero-order valence-electron chi connectivity index (χ0n) is 12.1. The number of hydrogen-bond donors (Lipinski definition) is 1. The van der Waals surface area contributed by atoms with Crippen LogP contribution in [-0.2, 0) is 0 Å². The van der Waals surface area contributed by atoms with Crippen molar-refractivity contribution < 1.29 is 14.0 Å². The van der Waals surface area contributed by atoms with Gasteiger partial charge in [0.15, 0.2) is 5.76 Å². The summed E-state index contributed by atoms with van der Waals surface area (Å²) >= 11 is 0. The molecule has 0 aliphatic rings. The van der Waals surface area contributed by atoms with E-state index < -0.39 is 0 Å². The van der Waals surface area contributed by atoms with Gasteiger partial charge >= 0.3 is 0 Å². The van der Waals surface area contributed by atoms with Gasteiger partial charge in [-0.15, -0.1) is 0 Å². The number of anilines is 1. The Bertz CT molecular complexity index is 616. The van der Waals surface area contributed by atoms with Gasteiger partial charge in [0.25, 0.3) is 11.8 Å². The molecular weight excluding hydrogens is 268 g/mol. The van der Waals surface area contributed by atoms with Crippen LogP contribution in [0.1, 0.15) is 34.8 Å². The highest BCUT2D eigenvalue weighted by Crippen LogP contribution is 2.14. The molecule has 1 heterocycles. The molecule has 110 valence electrons. The largest absolute Gasteiger partial charge is 0.459 e. The molecule has 0 spiro atoms. The summed E-state index contributed by atoms with van der Waals surface area (Å²) in [5.74, 6) is -0.156. The third-order valence-electron chi connectivity index (χ3n) is 3.16. The second kappa shape index (κ2) is 6.74. The fourth-order valence-electron chi connectivity index (χ4n) is 2.02. The summed E-state index contributed by atoms with van der Waals surface area (Å²) in [4.78, 5) is 25.9. The Balaban J connectivity index is 2.14. The molecule has 0 bridgehead atoms. The number of furan rings is 1. The van der Waals surface area contributed by atoms with Crippen LogP contribution in [0.15, 0.2) is 47.1 Å². The number of carbonyl (C=O) groups is 2. The summed E-state index contributed by atoms with van der Waals surface area (Å²) in [6.07, 6.45) is 1.44. The van der Waals surface area contributed by atoms with Gasteiger partial charge in [-0.3, -0.25) is 9.59 Å². The lowest BCUT2D eigenvalue weighted by atomic mass is 10.1. The molecule has 0 aliphatic heterocycles. The Hall–Kier alpha value is -2.56. The van der Waals surface area contributed by atoms with Gasteiger partial charge in [0.1, 0.15) is 0 Å². The van der Waals surface area contributed by atoms with Crippen LogP contribution in [0.2, 0.25) is 0 Å². The van der Waals surface area contributed by atoms with Gasteiger partial charge in [-0.25, -0.2) is 0 Å². The molecule has 5 heteroatoms. The number of rotatable bonds is 5. The molecule has 1 aromatic carbocycles. The predicted molar refractivity (Wildman–Crippen MR) is 80.4 cm³/mol. The number of carbonyl (C=O) groups excluding carboxylic acids is 2. The molecule has 2 amide bonds. The van der Waals surface area contributed by atoms with E-state index in [0.717, 1.165) is 0 Å². The van der Waals surface area contributed by atoms with Gasteiger partial charge in [0.05, 0.1) is 6.26 Å². The maximum absolute atomic E-state index is 12.3. The number of benzene rings is 1. The molecule has 5 nitrogen and oxygen atoms in total. The van der Waals surface area contributed by atoms with Crippen molar-refractivity contribution in [1.82, 2.24) is 4.90 Å². The Labute approximate surface area is 123 Å². The van der Waals surface area contributed by atoms with E-state index >= 15 is 0 Å². The first-order valence-corrected chi connectivity index (χ1v) is 6.90. The fraction of sp³-hybridized carbons (Fsp3) is 0.250. The summed E-state index contributed by atoms with van der Waals surface area (Å²) in [5.41, 5.74) is 1.12. The van der Waals surface area contributed by atoms with E-state index in [2.05, 4.69) is 5.32 Å². The highest BCUT2D eigenvalue weighted by atomic mass is 16.3. The number of hydrogen-bond acceptors (Lipinski definition) is 3. The Morgan fingerprint density at radius 3 is 2.52 bits per heavy atom. The van der Waals surface area contributed by atoms with Crippen LogP contribution in [0.5, 0.6) is 0 Å². The first-order chi connectivity index (χ1) is 10.2. The molecule has 1 aromatic heterocycles. The van der Waals surface area contributed by atoms with E-state index in [1.165, 1.54) is 6.26 Å². The molecule has 0 fully saturated rings. The van der Waals surface area contributed by atoms with Crippen molar-refractivity contribution in [3.05, 3.63) is 54.0 Å². The number of amides is 2. The lowest BCUT2D eigenvalue weighted by Gasteiger charge is -2.18. The van der Waals surface area contributed by atoms with Crippen molar-refractivity contribution in [2.24, 2.45) is 0 Å². The van der Waals surface area contributed by atoms with Crippen molar-refractivity contribution in [2.75, 3.05) is 18.4 Å². The van der Waals surface area contributed by atoms with Crippen LogP contribution in [0, 0.1) is 0 Å². The minimum Gasteiger partial charge on any atom is -0.459 e. The average Bonchev–Trinajstić information content (AvgIpc) is 3.03. The van der Waals surface area contributed by atoms with Crippen LogP contribution >= 0.6 is 0 Å². The maximum Gasteiger partial charge on any atom is 0.291 e. The van der Waals surface area contributed by atoms with Crippen LogP contribution in [0.25, 0.3) is 0 Å². The molecule has 0 saturated carbocycles. The zero-order valence-corrected chi connectivity index (χ0v) is 12.1. The molecule has 21 heavy (non-hydrogen) atoms. The molecule has 2 aromatic rings. The zero-order chi connectivity index (χ0) is 15.2. The summed E-state index contributed by atoms with van der Waals surface area (Å²) in [6, 6.07) is 10.1. The first kappa shape index (κ1) is 14.8. The van der Waals surface area contributed by atoms with Gasteiger partial charge < -0.3 is 14.6 Å². The molecule has 0 radical (unpaired) electrons. The Morgan fingerprint density at radius 1 is 1.14 bits per heavy atom.